The summed E-state index contributed by atoms with van der Waals surface area (Å²) >= 11 is 0. The Kier molecular flexibility index (Phi) is 6.63. The lowest BCUT2D eigenvalue weighted by Crippen LogP contribution is -2.45. The number of anilines is 1. The molecule has 0 aromatic heterocycles. The molecule has 0 aliphatic carbocycles. The number of nitrogens with one attached hydrogen (secondary N) is 1. The zero-order valence-electron chi connectivity index (χ0n) is 16.1. The topological polar surface area (TPSA) is 52.7 Å². The van der Waals surface area contributed by atoms with Gasteiger partial charge in [0.25, 0.3) is 0 Å². The third-order valence-electron chi connectivity index (χ3n) is 4.88. The molecule has 1 fully saturated rings. The number of nitrogens with zero attached hydrogens (tertiary/aromatic N) is 2. The summed E-state index contributed by atoms with van der Waals surface area (Å²) in [5, 5.41) is 3.00. The molecule has 2 aromatic rings. The van der Waals surface area contributed by atoms with Crippen LogP contribution in [0.1, 0.15) is 31.7 Å². The van der Waals surface area contributed by atoms with E-state index in [1.807, 2.05) is 30.3 Å². The molecule has 1 aliphatic rings. The van der Waals surface area contributed by atoms with Crippen LogP contribution in [0.3, 0.4) is 0 Å². The number of hydrogen-bond donors (Lipinski definition) is 1. The predicted molar refractivity (Wildman–Crippen MR) is 107 cm³/mol. The minimum absolute atomic E-state index is 0.0694. The van der Waals surface area contributed by atoms with Gasteiger partial charge in [-0.15, -0.1) is 0 Å². The SMILES string of the molecule is CCCCN(Cc1ccccc1)C(=O)N[C@@H]1CC(=O)N(c2ccc(F)cc2)C1. The highest BCUT2D eigenvalue weighted by Crippen LogP contribution is 2.22. The summed E-state index contributed by atoms with van der Waals surface area (Å²) in [6.45, 7) is 3.69. The quantitative estimate of drug-likeness (QED) is 0.787. The smallest absolute Gasteiger partial charge is 0.317 e. The van der Waals surface area contributed by atoms with Crippen LogP contribution in [0.15, 0.2) is 54.6 Å². The van der Waals surface area contributed by atoms with Crippen molar-refractivity contribution in [3.8, 4) is 0 Å². The first kappa shape index (κ1) is 19.9. The summed E-state index contributed by atoms with van der Waals surface area (Å²) in [5.74, 6) is -0.409. The predicted octanol–water partition coefficient (Wildman–Crippen LogP) is 3.94. The van der Waals surface area contributed by atoms with Crippen molar-refractivity contribution in [3.05, 3.63) is 66.0 Å². The first-order valence-electron chi connectivity index (χ1n) is 9.72. The van der Waals surface area contributed by atoms with Gasteiger partial charge in [0, 0.05) is 31.7 Å². The molecule has 1 aliphatic heterocycles. The zero-order valence-corrected chi connectivity index (χ0v) is 16.1. The summed E-state index contributed by atoms with van der Waals surface area (Å²) in [7, 11) is 0. The highest BCUT2D eigenvalue weighted by molar-refractivity contribution is 5.96. The lowest BCUT2D eigenvalue weighted by Gasteiger charge is -2.25. The van der Waals surface area contributed by atoms with Crippen molar-refractivity contribution >= 4 is 17.6 Å². The largest absolute Gasteiger partial charge is 0.333 e. The molecule has 148 valence electrons. The number of carbonyl (C=O) groups is 2. The average Bonchev–Trinajstić information content (AvgIpc) is 3.06. The van der Waals surface area contributed by atoms with Crippen molar-refractivity contribution in [2.24, 2.45) is 0 Å². The third-order valence-corrected chi connectivity index (χ3v) is 4.88. The normalized spacial score (nSPS) is 16.3. The number of benzene rings is 2. The van der Waals surface area contributed by atoms with Crippen LogP contribution in [0.25, 0.3) is 0 Å². The zero-order chi connectivity index (χ0) is 19.9. The summed E-state index contributed by atoms with van der Waals surface area (Å²) in [6.07, 6.45) is 2.17. The summed E-state index contributed by atoms with van der Waals surface area (Å²) < 4.78 is 13.1. The van der Waals surface area contributed by atoms with Crippen LogP contribution in [0.5, 0.6) is 0 Å². The van der Waals surface area contributed by atoms with Crippen molar-refractivity contribution in [1.82, 2.24) is 10.2 Å². The molecule has 1 atom stereocenters. The van der Waals surface area contributed by atoms with Crippen molar-refractivity contribution in [2.45, 2.75) is 38.8 Å². The molecule has 0 bridgehead atoms. The van der Waals surface area contributed by atoms with E-state index in [0.29, 0.717) is 25.3 Å². The Hall–Kier alpha value is -2.89. The number of halogens is 1. The van der Waals surface area contributed by atoms with Gasteiger partial charge in [0.2, 0.25) is 5.91 Å². The Morgan fingerprint density at radius 2 is 1.89 bits per heavy atom. The van der Waals surface area contributed by atoms with E-state index in [4.69, 9.17) is 0 Å². The van der Waals surface area contributed by atoms with Crippen LogP contribution in [0, 0.1) is 5.82 Å². The van der Waals surface area contributed by atoms with Gasteiger partial charge in [0.05, 0.1) is 6.04 Å². The van der Waals surface area contributed by atoms with E-state index >= 15 is 0 Å². The van der Waals surface area contributed by atoms with Crippen LogP contribution < -0.4 is 10.2 Å². The Morgan fingerprint density at radius 3 is 2.57 bits per heavy atom. The molecule has 3 rings (SSSR count). The van der Waals surface area contributed by atoms with Crippen LogP contribution in [-0.4, -0.2) is 36.0 Å². The minimum atomic E-state index is -0.340. The van der Waals surface area contributed by atoms with Crippen molar-refractivity contribution in [3.63, 3.8) is 0 Å². The third kappa shape index (κ3) is 5.09. The van der Waals surface area contributed by atoms with Gasteiger partial charge in [-0.05, 0) is 36.2 Å². The van der Waals surface area contributed by atoms with Gasteiger partial charge in [-0.2, -0.15) is 0 Å². The number of hydrogen-bond acceptors (Lipinski definition) is 2. The van der Waals surface area contributed by atoms with Crippen LogP contribution >= 0.6 is 0 Å². The number of carbonyl (C=O) groups excluding carboxylic acids is 2. The number of unbranched alkanes of at least 4 members (excludes halogenated alkanes) is 1. The average molecular weight is 383 g/mol. The van der Waals surface area contributed by atoms with Crippen molar-refractivity contribution in [1.29, 1.82) is 0 Å². The Morgan fingerprint density at radius 1 is 1.18 bits per heavy atom. The maximum atomic E-state index is 13.1. The molecule has 2 aromatic carbocycles. The monoisotopic (exact) mass is 383 g/mol. The van der Waals surface area contributed by atoms with Gasteiger partial charge in [-0.25, -0.2) is 9.18 Å². The van der Waals surface area contributed by atoms with Gasteiger partial charge in [0.1, 0.15) is 5.82 Å². The fourth-order valence-electron chi connectivity index (χ4n) is 3.35. The fourth-order valence-corrected chi connectivity index (χ4v) is 3.35. The van der Waals surface area contributed by atoms with E-state index in [2.05, 4.69) is 12.2 Å². The molecule has 6 heteroatoms. The Bertz CT molecular complexity index is 795. The second-order valence-corrected chi connectivity index (χ2v) is 7.09. The fraction of sp³-hybridized carbons (Fsp3) is 0.364. The molecule has 28 heavy (non-hydrogen) atoms. The molecular formula is C22H26FN3O2. The van der Waals surface area contributed by atoms with E-state index < -0.39 is 0 Å². The van der Waals surface area contributed by atoms with Gasteiger partial charge in [-0.3, -0.25) is 4.79 Å². The second kappa shape index (κ2) is 9.35. The first-order chi connectivity index (χ1) is 13.6. The molecule has 1 saturated heterocycles. The number of urea groups is 1. The molecule has 5 nitrogen and oxygen atoms in total. The maximum absolute atomic E-state index is 13.1. The lowest BCUT2D eigenvalue weighted by molar-refractivity contribution is -0.117. The van der Waals surface area contributed by atoms with E-state index in [0.717, 1.165) is 18.4 Å². The second-order valence-electron chi connectivity index (χ2n) is 7.09. The maximum Gasteiger partial charge on any atom is 0.317 e. The lowest BCUT2D eigenvalue weighted by atomic mass is 10.2. The van der Waals surface area contributed by atoms with E-state index in [9.17, 15) is 14.0 Å². The number of amides is 3. The van der Waals surface area contributed by atoms with Gasteiger partial charge in [0.15, 0.2) is 0 Å². The Labute approximate surface area is 165 Å². The summed E-state index contributed by atoms with van der Waals surface area (Å²) in [6, 6.07) is 15.3. The molecule has 1 N–H and O–H groups in total. The van der Waals surface area contributed by atoms with Crippen LogP contribution in [0.2, 0.25) is 0 Å². The van der Waals surface area contributed by atoms with Crippen molar-refractivity contribution < 1.29 is 14.0 Å². The van der Waals surface area contributed by atoms with Gasteiger partial charge >= 0.3 is 6.03 Å². The molecule has 0 radical (unpaired) electrons. The highest BCUT2D eigenvalue weighted by Gasteiger charge is 2.32. The van der Waals surface area contributed by atoms with Gasteiger partial charge < -0.3 is 15.1 Å². The van der Waals surface area contributed by atoms with E-state index in [-0.39, 0.29) is 30.2 Å². The molecule has 3 amide bonds. The Balaban J connectivity index is 1.62. The van der Waals surface area contributed by atoms with Crippen molar-refractivity contribution in [2.75, 3.05) is 18.0 Å². The minimum Gasteiger partial charge on any atom is -0.333 e. The molecule has 0 saturated carbocycles. The first-order valence-corrected chi connectivity index (χ1v) is 9.72. The molecule has 0 unspecified atom stereocenters. The molecule has 0 spiro atoms. The van der Waals surface area contributed by atoms with E-state index in [1.165, 1.54) is 12.1 Å². The summed E-state index contributed by atoms with van der Waals surface area (Å²) in [4.78, 5) is 28.6. The molecule has 1 heterocycles. The van der Waals surface area contributed by atoms with E-state index in [1.54, 1.807) is 21.9 Å². The highest BCUT2D eigenvalue weighted by atomic mass is 19.1. The van der Waals surface area contributed by atoms with Gasteiger partial charge in [-0.1, -0.05) is 43.7 Å². The standard InChI is InChI=1S/C22H26FN3O2/c1-2-3-13-25(15-17-7-5-4-6-8-17)22(28)24-19-14-21(27)26(16-19)20-11-9-18(23)10-12-20/h4-12,19H,2-3,13-16H2,1H3,(H,24,28)/t19-/m1/s1. The number of rotatable bonds is 7. The summed E-state index contributed by atoms with van der Waals surface area (Å²) in [5.41, 5.74) is 1.72. The van der Waals surface area contributed by atoms with Crippen LogP contribution in [0.4, 0.5) is 14.9 Å². The molecular weight excluding hydrogens is 357 g/mol. The van der Waals surface area contributed by atoms with Crippen LogP contribution in [-0.2, 0) is 11.3 Å².